The van der Waals surface area contributed by atoms with Crippen LogP contribution >= 0.6 is 0 Å². The molecule has 2 rings (SSSR count). The molecule has 0 saturated carbocycles. The summed E-state index contributed by atoms with van der Waals surface area (Å²) in [5.74, 6) is -0.837. The third kappa shape index (κ3) is 4.08. The van der Waals surface area contributed by atoms with Gasteiger partial charge in [0.05, 0.1) is 10.8 Å². The van der Waals surface area contributed by atoms with Crippen molar-refractivity contribution in [1.29, 1.82) is 0 Å². The highest BCUT2D eigenvalue weighted by molar-refractivity contribution is 5.98. The summed E-state index contributed by atoms with van der Waals surface area (Å²) in [5.41, 5.74) is 6.01. The van der Waals surface area contributed by atoms with Gasteiger partial charge in [-0.15, -0.1) is 0 Å². The number of benzene rings is 1. The molecule has 1 atom stereocenters. The number of amides is 2. The molecule has 1 fully saturated rings. The Balaban J connectivity index is 2.16. The first kappa shape index (κ1) is 17.9. The fraction of sp³-hybridized carbons (Fsp3) is 0.500. The highest BCUT2D eigenvalue weighted by Crippen LogP contribution is 2.24. The average molecular weight is 334 g/mol. The van der Waals surface area contributed by atoms with Gasteiger partial charge in [-0.3, -0.25) is 19.7 Å². The molecule has 24 heavy (non-hydrogen) atoms. The average Bonchev–Trinajstić information content (AvgIpc) is 2.58. The van der Waals surface area contributed by atoms with Gasteiger partial charge in [-0.25, -0.2) is 0 Å². The van der Waals surface area contributed by atoms with Crippen molar-refractivity contribution in [2.24, 2.45) is 11.7 Å². The number of hydrogen-bond acceptors (Lipinski definition) is 5. The first-order valence-electron chi connectivity index (χ1n) is 7.96. The van der Waals surface area contributed by atoms with Crippen LogP contribution in [0.3, 0.4) is 0 Å². The normalized spacial score (nSPS) is 17.4. The Bertz CT molecular complexity index is 647. The molecule has 0 bridgehead atoms. The van der Waals surface area contributed by atoms with Crippen LogP contribution in [0.5, 0.6) is 0 Å². The van der Waals surface area contributed by atoms with Crippen LogP contribution in [-0.2, 0) is 4.79 Å². The Morgan fingerprint density at radius 1 is 1.46 bits per heavy atom. The van der Waals surface area contributed by atoms with E-state index in [4.69, 9.17) is 5.73 Å². The summed E-state index contributed by atoms with van der Waals surface area (Å²) < 4.78 is 0. The molecule has 1 aromatic rings. The summed E-state index contributed by atoms with van der Waals surface area (Å²) >= 11 is 0. The van der Waals surface area contributed by atoms with Crippen molar-refractivity contribution in [2.75, 3.05) is 26.2 Å². The highest BCUT2D eigenvalue weighted by Gasteiger charge is 2.31. The number of nitrogens with zero attached hydrogens (tertiary/aromatic N) is 2. The van der Waals surface area contributed by atoms with Gasteiger partial charge in [-0.2, -0.15) is 0 Å². The second-order valence-corrected chi connectivity index (χ2v) is 5.95. The summed E-state index contributed by atoms with van der Waals surface area (Å²) in [6, 6.07) is 4.48. The van der Waals surface area contributed by atoms with E-state index in [1.165, 1.54) is 17.0 Å². The molecular formula is C16H22N4O4. The smallest absolute Gasteiger partial charge is 0.282 e. The predicted molar refractivity (Wildman–Crippen MR) is 88.5 cm³/mol. The van der Waals surface area contributed by atoms with Gasteiger partial charge in [0.15, 0.2) is 0 Å². The van der Waals surface area contributed by atoms with Crippen molar-refractivity contribution in [3.63, 3.8) is 0 Å². The minimum Gasteiger partial charge on any atom is -0.355 e. The zero-order valence-electron chi connectivity index (χ0n) is 13.7. The number of nitrogens with two attached hydrogens (primary N) is 1. The van der Waals surface area contributed by atoms with Crippen LogP contribution in [0.4, 0.5) is 5.69 Å². The SMILES string of the molecule is Cc1ccc([N+](=O)[O-])c(C(=O)N2CCCC(C(=O)NCCN)C2)c1. The second kappa shape index (κ2) is 7.87. The number of carbonyl (C=O) groups excluding carboxylic acids is 2. The molecule has 1 saturated heterocycles. The quantitative estimate of drug-likeness (QED) is 0.611. The Hall–Kier alpha value is -2.48. The number of nitrogens with one attached hydrogen (secondary N) is 1. The topological polar surface area (TPSA) is 119 Å². The minimum atomic E-state index is -0.554. The van der Waals surface area contributed by atoms with Gasteiger partial charge in [0, 0.05) is 32.2 Å². The maximum Gasteiger partial charge on any atom is 0.282 e. The lowest BCUT2D eigenvalue weighted by atomic mass is 9.96. The lowest BCUT2D eigenvalue weighted by molar-refractivity contribution is -0.385. The first-order chi connectivity index (χ1) is 11.4. The monoisotopic (exact) mass is 334 g/mol. The van der Waals surface area contributed by atoms with Gasteiger partial charge in [0.1, 0.15) is 5.56 Å². The molecule has 1 unspecified atom stereocenters. The van der Waals surface area contributed by atoms with Crippen LogP contribution in [0.15, 0.2) is 18.2 Å². The number of rotatable bonds is 5. The van der Waals surface area contributed by atoms with Crippen molar-refractivity contribution in [1.82, 2.24) is 10.2 Å². The van der Waals surface area contributed by atoms with Gasteiger partial charge in [-0.1, -0.05) is 6.07 Å². The molecule has 1 aromatic carbocycles. The van der Waals surface area contributed by atoms with Crippen LogP contribution in [-0.4, -0.2) is 47.8 Å². The van der Waals surface area contributed by atoms with Crippen LogP contribution in [0.25, 0.3) is 0 Å². The van der Waals surface area contributed by atoms with E-state index >= 15 is 0 Å². The lowest BCUT2D eigenvalue weighted by Gasteiger charge is -2.32. The zero-order chi connectivity index (χ0) is 17.7. The van der Waals surface area contributed by atoms with Crippen molar-refractivity contribution >= 4 is 17.5 Å². The molecule has 2 amide bonds. The third-order valence-corrected chi connectivity index (χ3v) is 4.10. The molecule has 0 spiro atoms. The molecule has 1 aliphatic heterocycles. The number of aryl methyl sites for hydroxylation is 1. The van der Waals surface area contributed by atoms with Crippen LogP contribution in [0.1, 0.15) is 28.8 Å². The third-order valence-electron chi connectivity index (χ3n) is 4.10. The first-order valence-corrected chi connectivity index (χ1v) is 7.96. The Morgan fingerprint density at radius 2 is 2.21 bits per heavy atom. The van der Waals surface area contributed by atoms with Gasteiger partial charge < -0.3 is 16.0 Å². The molecule has 0 aromatic heterocycles. The van der Waals surface area contributed by atoms with E-state index < -0.39 is 10.8 Å². The van der Waals surface area contributed by atoms with Gasteiger partial charge in [0.2, 0.25) is 5.91 Å². The van der Waals surface area contributed by atoms with E-state index in [1.807, 2.05) is 0 Å². The zero-order valence-corrected chi connectivity index (χ0v) is 13.7. The fourth-order valence-electron chi connectivity index (χ4n) is 2.87. The van der Waals surface area contributed by atoms with E-state index in [1.54, 1.807) is 13.0 Å². The van der Waals surface area contributed by atoms with Gasteiger partial charge in [-0.05, 0) is 31.4 Å². The Labute approximate surface area is 140 Å². The van der Waals surface area contributed by atoms with Crippen LogP contribution < -0.4 is 11.1 Å². The van der Waals surface area contributed by atoms with Crippen molar-refractivity contribution < 1.29 is 14.5 Å². The summed E-state index contributed by atoms with van der Waals surface area (Å²) in [6.07, 6.45) is 1.38. The highest BCUT2D eigenvalue weighted by atomic mass is 16.6. The summed E-state index contributed by atoms with van der Waals surface area (Å²) in [7, 11) is 0. The van der Waals surface area contributed by atoms with Gasteiger partial charge >= 0.3 is 0 Å². The van der Waals surface area contributed by atoms with Gasteiger partial charge in [0.25, 0.3) is 11.6 Å². The van der Waals surface area contributed by atoms with Crippen LogP contribution in [0.2, 0.25) is 0 Å². The predicted octanol–water partition coefficient (Wildman–Crippen LogP) is 0.830. The maximum atomic E-state index is 12.7. The second-order valence-electron chi connectivity index (χ2n) is 5.95. The van der Waals surface area contributed by atoms with E-state index in [-0.39, 0.29) is 29.6 Å². The largest absolute Gasteiger partial charge is 0.355 e. The van der Waals surface area contributed by atoms with E-state index in [0.717, 1.165) is 5.56 Å². The molecular weight excluding hydrogens is 312 g/mol. The maximum absolute atomic E-state index is 12.7. The fourth-order valence-corrected chi connectivity index (χ4v) is 2.87. The van der Waals surface area contributed by atoms with Crippen molar-refractivity contribution in [3.05, 3.63) is 39.4 Å². The number of piperidine rings is 1. The van der Waals surface area contributed by atoms with Crippen molar-refractivity contribution in [2.45, 2.75) is 19.8 Å². The lowest BCUT2D eigenvalue weighted by Crippen LogP contribution is -2.46. The van der Waals surface area contributed by atoms with E-state index in [2.05, 4.69) is 5.32 Å². The molecule has 130 valence electrons. The Kier molecular flexibility index (Phi) is 5.86. The van der Waals surface area contributed by atoms with Crippen LogP contribution in [0, 0.1) is 23.0 Å². The molecule has 1 heterocycles. The molecule has 0 radical (unpaired) electrons. The number of hydrogen-bond donors (Lipinski definition) is 2. The summed E-state index contributed by atoms with van der Waals surface area (Å²) in [4.78, 5) is 36.9. The molecule has 8 nitrogen and oxygen atoms in total. The summed E-state index contributed by atoms with van der Waals surface area (Å²) in [6.45, 7) is 3.29. The molecule has 3 N–H and O–H groups in total. The molecule has 0 aliphatic carbocycles. The molecule has 8 heteroatoms. The van der Waals surface area contributed by atoms with E-state index in [0.29, 0.717) is 32.5 Å². The number of likely N-dealkylation sites (tertiary alicyclic amines) is 1. The van der Waals surface area contributed by atoms with E-state index in [9.17, 15) is 19.7 Å². The number of carbonyl (C=O) groups is 2. The minimum absolute atomic E-state index is 0.0722. The molecule has 1 aliphatic rings. The number of nitro benzene ring substituents is 1. The Morgan fingerprint density at radius 3 is 2.88 bits per heavy atom. The standard InChI is InChI=1S/C16H22N4O4/c1-11-4-5-14(20(23)24)13(9-11)16(22)19-8-2-3-12(10-19)15(21)18-7-6-17/h4-5,9,12H,2-3,6-8,10,17H2,1H3,(H,18,21). The van der Waals surface area contributed by atoms with Crippen molar-refractivity contribution in [3.8, 4) is 0 Å². The number of nitro groups is 1. The summed E-state index contributed by atoms with van der Waals surface area (Å²) in [5, 5.41) is 13.9.